The molecule has 1 fully saturated rings. The van der Waals surface area contributed by atoms with E-state index in [0.717, 1.165) is 18.1 Å². The number of aryl methyl sites for hydroxylation is 1. The van der Waals surface area contributed by atoms with Crippen LogP contribution >= 0.6 is 11.3 Å². The second-order valence-electron chi connectivity index (χ2n) is 4.68. The zero-order valence-corrected chi connectivity index (χ0v) is 11.4. The van der Waals surface area contributed by atoms with Crippen LogP contribution in [0.15, 0.2) is 5.38 Å². The molecule has 2 rings (SSSR count). The van der Waals surface area contributed by atoms with Gasteiger partial charge < -0.3 is 10.0 Å². The predicted molar refractivity (Wildman–Crippen MR) is 72.8 cm³/mol. The van der Waals surface area contributed by atoms with Gasteiger partial charge in [-0.15, -0.1) is 11.3 Å². The summed E-state index contributed by atoms with van der Waals surface area (Å²) in [7, 11) is 0. The molecule has 4 heteroatoms. The van der Waals surface area contributed by atoms with Crippen LogP contribution in [0.1, 0.15) is 44.7 Å². The van der Waals surface area contributed by atoms with Crippen LogP contribution in [0.5, 0.6) is 0 Å². The summed E-state index contributed by atoms with van der Waals surface area (Å²) in [5.74, 6) is 0. The van der Waals surface area contributed by atoms with Gasteiger partial charge in [0.15, 0.2) is 5.13 Å². The summed E-state index contributed by atoms with van der Waals surface area (Å²) in [4.78, 5) is 6.98. The highest BCUT2D eigenvalue weighted by Crippen LogP contribution is 2.29. The lowest BCUT2D eigenvalue weighted by Crippen LogP contribution is -2.38. The number of hydrogen-bond donors (Lipinski definition) is 1. The third-order valence-electron chi connectivity index (χ3n) is 3.50. The van der Waals surface area contributed by atoms with Crippen molar-refractivity contribution in [2.45, 2.75) is 51.5 Å². The highest BCUT2D eigenvalue weighted by Gasteiger charge is 2.22. The highest BCUT2D eigenvalue weighted by atomic mass is 32.1. The first-order chi connectivity index (χ1) is 8.35. The molecule has 0 bridgehead atoms. The molecule has 96 valence electrons. The van der Waals surface area contributed by atoms with Crippen molar-refractivity contribution in [3.8, 4) is 0 Å². The van der Waals surface area contributed by atoms with Gasteiger partial charge in [-0.1, -0.05) is 26.2 Å². The molecule has 3 nitrogen and oxygen atoms in total. The standard InChI is InChI=1S/C13H22N2OS/c1-2-11-10-17-13(14-11)15(8-9-16)12-6-4-3-5-7-12/h10,12,16H,2-9H2,1H3. The summed E-state index contributed by atoms with van der Waals surface area (Å²) in [5, 5.41) is 12.5. The van der Waals surface area contributed by atoms with Gasteiger partial charge in [-0.05, 0) is 19.3 Å². The Bertz CT molecular complexity index is 334. The Kier molecular flexibility index (Phi) is 4.80. The van der Waals surface area contributed by atoms with Crippen molar-refractivity contribution in [3.05, 3.63) is 11.1 Å². The molecule has 0 saturated heterocycles. The van der Waals surface area contributed by atoms with Crippen LogP contribution in [-0.2, 0) is 6.42 Å². The number of rotatable bonds is 5. The lowest BCUT2D eigenvalue weighted by molar-refractivity contribution is 0.290. The van der Waals surface area contributed by atoms with E-state index in [4.69, 9.17) is 0 Å². The zero-order chi connectivity index (χ0) is 12.1. The first kappa shape index (κ1) is 12.8. The number of aliphatic hydroxyl groups is 1. The Hall–Kier alpha value is -0.610. The molecule has 0 atom stereocenters. The molecule has 0 aliphatic heterocycles. The Morgan fingerprint density at radius 1 is 1.41 bits per heavy atom. The van der Waals surface area contributed by atoms with E-state index < -0.39 is 0 Å². The molecule has 1 saturated carbocycles. The number of thiazole rings is 1. The minimum atomic E-state index is 0.220. The average Bonchev–Trinajstić information content (AvgIpc) is 2.85. The Labute approximate surface area is 107 Å². The van der Waals surface area contributed by atoms with Crippen LogP contribution in [0.4, 0.5) is 5.13 Å². The highest BCUT2D eigenvalue weighted by molar-refractivity contribution is 7.13. The molecule has 0 aromatic carbocycles. The number of aromatic nitrogens is 1. The molecule has 17 heavy (non-hydrogen) atoms. The number of aliphatic hydroxyl groups excluding tert-OH is 1. The average molecular weight is 254 g/mol. The van der Waals surface area contributed by atoms with Gasteiger partial charge in [-0.2, -0.15) is 0 Å². The van der Waals surface area contributed by atoms with Crippen molar-refractivity contribution in [3.63, 3.8) is 0 Å². The van der Waals surface area contributed by atoms with E-state index in [0.29, 0.717) is 6.04 Å². The van der Waals surface area contributed by atoms with E-state index in [1.807, 2.05) is 0 Å². The molecule has 1 aliphatic rings. The van der Waals surface area contributed by atoms with E-state index in [2.05, 4.69) is 22.2 Å². The lowest BCUT2D eigenvalue weighted by Gasteiger charge is -2.33. The molecule has 1 N–H and O–H groups in total. The summed E-state index contributed by atoms with van der Waals surface area (Å²) in [6, 6.07) is 0.590. The molecule has 0 spiro atoms. The largest absolute Gasteiger partial charge is 0.395 e. The van der Waals surface area contributed by atoms with Crippen LogP contribution in [0, 0.1) is 0 Å². The fourth-order valence-electron chi connectivity index (χ4n) is 2.53. The zero-order valence-electron chi connectivity index (χ0n) is 10.6. The van der Waals surface area contributed by atoms with E-state index >= 15 is 0 Å². The van der Waals surface area contributed by atoms with E-state index in [-0.39, 0.29) is 6.61 Å². The molecule has 1 aromatic heterocycles. The maximum Gasteiger partial charge on any atom is 0.185 e. The Balaban J connectivity index is 2.09. The van der Waals surface area contributed by atoms with Gasteiger partial charge in [-0.3, -0.25) is 0 Å². The third-order valence-corrected chi connectivity index (χ3v) is 4.43. The first-order valence-corrected chi connectivity index (χ1v) is 7.55. The monoisotopic (exact) mass is 254 g/mol. The smallest absolute Gasteiger partial charge is 0.185 e. The first-order valence-electron chi connectivity index (χ1n) is 6.67. The van der Waals surface area contributed by atoms with Crippen LogP contribution in [-0.4, -0.2) is 29.3 Å². The molecule has 1 aromatic rings. The van der Waals surface area contributed by atoms with E-state index in [1.165, 1.54) is 37.8 Å². The van der Waals surface area contributed by atoms with Crippen LogP contribution in [0.3, 0.4) is 0 Å². The normalized spacial score (nSPS) is 17.3. The molecule has 1 aliphatic carbocycles. The van der Waals surface area contributed by atoms with Gasteiger partial charge in [-0.25, -0.2) is 4.98 Å². The second-order valence-corrected chi connectivity index (χ2v) is 5.52. The maximum absolute atomic E-state index is 9.23. The SMILES string of the molecule is CCc1csc(N(CCO)C2CCCCC2)n1. The molecule has 0 amide bonds. The van der Waals surface area contributed by atoms with E-state index in [9.17, 15) is 5.11 Å². The summed E-state index contributed by atoms with van der Waals surface area (Å²) < 4.78 is 0. The Morgan fingerprint density at radius 3 is 2.76 bits per heavy atom. The fourth-order valence-corrected chi connectivity index (χ4v) is 3.53. The quantitative estimate of drug-likeness (QED) is 0.878. The topological polar surface area (TPSA) is 36.4 Å². The second kappa shape index (κ2) is 6.36. The molecular formula is C13H22N2OS. The van der Waals surface area contributed by atoms with Gasteiger partial charge in [0.2, 0.25) is 0 Å². The third kappa shape index (κ3) is 3.19. The van der Waals surface area contributed by atoms with Crippen LogP contribution < -0.4 is 4.90 Å². The number of nitrogens with zero attached hydrogens (tertiary/aromatic N) is 2. The van der Waals surface area contributed by atoms with Crippen molar-refractivity contribution in [1.82, 2.24) is 4.98 Å². The minimum absolute atomic E-state index is 0.220. The predicted octanol–water partition coefficient (Wildman–Crippen LogP) is 2.84. The molecular weight excluding hydrogens is 232 g/mol. The maximum atomic E-state index is 9.23. The van der Waals surface area contributed by atoms with Gasteiger partial charge >= 0.3 is 0 Å². The summed E-state index contributed by atoms with van der Waals surface area (Å²) in [6.07, 6.45) is 7.50. The summed E-state index contributed by atoms with van der Waals surface area (Å²) >= 11 is 1.72. The van der Waals surface area contributed by atoms with Gasteiger partial charge in [0, 0.05) is 18.0 Å². The lowest BCUT2D eigenvalue weighted by atomic mass is 9.94. The van der Waals surface area contributed by atoms with Crippen LogP contribution in [0.2, 0.25) is 0 Å². The Morgan fingerprint density at radius 2 is 2.18 bits per heavy atom. The van der Waals surface area contributed by atoms with E-state index in [1.54, 1.807) is 11.3 Å². The van der Waals surface area contributed by atoms with Crippen molar-refractivity contribution in [2.75, 3.05) is 18.1 Å². The van der Waals surface area contributed by atoms with Gasteiger partial charge in [0.05, 0.1) is 12.3 Å². The van der Waals surface area contributed by atoms with Crippen molar-refractivity contribution < 1.29 is 5.11 Å². The van der Waals surface area contributed by atoms with Gasteiger partial charge in [0.25, 0.3) is 0 Å². The minimum Gasteiger partial charge on any atom is -0.395 e. The van der Waals surface area contributed by atoms with Crippen molar-refractivity contribution in [2.24, 2.45) is 0 Å². The van der Waals surface area contributed by atoms with Crippen LogP contribution in [0.25, 0.3) is 0 Å². The molecule has 1 heterocycles. The summed E-state index contributed by atoms with van der Waals surface area (Å²) in [5.41, 5.74) is 1.17. The molecule has 0 unspecified atom stereocenters. The number of anilines is 1. The fraction of sp³-hybridized carbons (Fsp3) is 0.769. The molecule has 0 radical (unpaired) electrons. The number of hydrogen-bond acceptors (Lipinski definition) is 4. The summed E-state index contributed by atoms with van der Waals surface area (Å²) in [6.45, 7) is 3.08. The van der Waals surface area contributed by atoms with Gasteiger partial charge in [0.1, 0.15) is 0 Å². The van der Waals surface area contributed by atoms with Crippen molar-refractivity contribution in [1.29, 1.82) is 0 Å². The van der Waals surface area contributed by atoms with Crippen molar-refractivity contribution >= 4 is 16.5 Å².